The van der Waals surface area contributed by atoms with E-state index in [0.29, 0.717) is 22.0 Å². The number of nitrogens with one attached hydrogen (secondary N) is 1. The molecule has 0 saturated heterocycles. The zero-order valence-electron chi connectivity index (χ0n) is 14.7. The van der Waals surface area contributed by atoms with E-state index < -0.39 is 18.0 Å². The molecule has 0 bridgehead atoms. The number of ether oxygens (including phenoxy) is 2. The molecular formula is C20H17ClN2O4. The average Bonchev–Trinajstić information content (AvgIpc) is 2.67. The van der Waals surface area contributed by atoms with Gasteiger partial charge in [-0.25, -0.2) is 4.79 Å². The van der Waals surface area contributed by atoms with Crippen molar-refractivity contribution in [1.82, 2.24) is 0 Å². The van der Waals surface area contributed by atoms with E-state index in [-0.39, 0.29) is 5.57 Å². The normalized spacial score (nSPS) is 11.9. The molecule has 0 fully saturated rings. The fourth-order valence-electron chi connectivity index (χ4n) is 2.09. The quantitative estimate of drug-likeness (QED) is 0.464. The number of hydrogen-bond acceptors (Lipinski definition) is 5. The fourth-order valence-corrected chi connectivity index (χ4v) is 2.22. The maximum absolute atomic E-state index is 12.2. The molecule has 0 heterocycles. The molecule has 1 amide bonds. The predicted octanol–water partition coefficient (Wildman–Crippen LogP) is 3.83. The molecule has 0 radical (unpaired) electrons. The number of anilines is 1. The van der Waals surface area contributed by atoms with Crippen molar-refractivity contribution in [3.63, 3.8) is 0 Å². The number of esters is 1. The fraction of sp³-hybridized carbons (Fsp3) is 0.150. The van der Waals surface area contributed by atoms with Crippen molar-refractivity contribution in [3.05, 3.63) is 64.7 Å². The van der Waals surface area contributed by atoms with Crippen LogP contribution in [0.2, 0.25) is 5.02 Å². The maximum atomic E-state index is 12.2. The number of amides is 1. The number of carbonyl (C=O) groups is 2. The SMILES string of the molecule is COc1cccc(/C=C(\C#N)C(=O)O[C@H](C)C(=O)Nc2ccc(Cl)cc2)c1. The Morgan fingerprint density at radius 1 is 1.22 bits per heavy atom. The first kappa shape index (κ1) is 20.0. The van der Waals surface area contributed by atoms with Gasteiger partial charge in [0.1, 0.15) is 17.4 Å². The van der Waals surface area contributed by atoms with E-state index in [9.17, 15) is 14.9 Å². The summed E-state index contributed by atoms with van der Waals surface area (Å²) in [5, 5.41) is 12.4. The van der Waals surface area contributed by atoms with Gasteiger partial charge in [0.25, 0.3) is 5.91 Å². The van der Waals surface area contributed by atoms with Crippen LogP contribution in [-0.2, 0) is 14.3 Å². The highest BCUT2D eigenvalue weighted by molar-refractivity contribution is 6.30. The van der Waals surface area contributed by atoms with Crippen LogP contribution in [0.3, 0.4) is 0 Å². The third-order valence-electron chi connectivity index (χ3n) is 3.51. The van der Waals surface area contributed by atoms with Crippen LogP contribution in [0, 0.1) is 11.3 Å². The summed E-state index contributed by atoms with van der Waals surface area (Å²) in [7, 11) is 1.52. The molecule has 1 atom stereocenters. The molecule has 27 heavy (non-hydrogen) atoms. The van der Waals surface area contributed by atoms with Crippen molar-refractivity contribution >= 4 is 35.2 Å². The van der Waals surface area contributed by atoms with E-state index in [4.69, 9.17) is 21.1 Å². The molecule has 2 rings (SSSR count). The van der Waals surface area contributed by atoms with Gasteiger partial charge >= 0.3 is 5.97 Å². The van der Waals surface area contributed by atoms with Crippen molar-refractivity contribution in [3.8, 4) is 11.8 Å². The number of benzene rings is 2. The lowest BCUT2D eigenvalue weighted by Crippen LogP contribution is -2.30. The minimum Gasteiger partial charge on any atom is -0.497 e. The Labute approximate surface area is 162 Å². The first-order valence-corrected chi connectivity index (χ1v) is 8.34. The molecule has 2 aromatic rings. The second kappa shape index (κ2) is 9.41. The Hall–Kier alpha value is -3.30. The zero-order valence-corrected chi connectivity index (χ0v) is 15.5. The number of hydrogen-bond donors (Lipinski definition) is 1. The van der Waals surface area contributed by atoms with Gasteiger partial charge in [0.15, 0.2) is 6.10 Å². The van der Waals surface area contributed by atoms with Gasteiger partial charge in [-0.1, -0.05) is 23.7 Å². The third kappa shape index (κ3) is 5.87. The Kier molecular flexibility index (Phi) is 6.98. The van der Waals surface area contributed by atoms with Gasteiger partial charge in [-0.15, -0.1) is 0 Å². The first-order valence-electron chi connectivity index (χ1n) is 7.96. The Morgan fingerprint density at radius 2 is 1.93 bits per heavy atom. The number of nitrogens with zero attached hydrogens (tertiary/aromatic N) is 1. The Morgan fingerprint density at radius 3 is 2.56 bits per heavy atom. The third-order valence-corrected chi connectivity index (χ3v) is 3.76. The second-order valence-corrected chi connectivity index (χ2v) is 5.93. The van der Waals surface area contributed by atoms with Crippen molar-refractivity contribution in [1.29, 1.82) is 5.26 Å². The van der Waals surface area contributed by atoms with Crippen LogP contribution >= 0.6 is 11.6 Å². The summed E-state index contributed by atoms with van der Waals surface area (Å²) < 4.78 is 10.2. The summed E-state index contributed by atoms with van der Waals surface area (Å²) in [6, 6.07) is 15.1. The van der Waals surface area contributed by atoms with Crippen molar-refractivity contribution in [2.24, 2.45) is 0 Å². The Bertz CT molecular complexity index is 901. The second-order valence-electron chi connectivity index (χ2n) is 5.49. The monoisotopic (exact) mass is 384 g/mol. The van der Waals surface area contributed by atoms with E-state index in [2.05, 4.69) is 5.32 Å². The molecule has 1 N–H and O–H groups in total. The largest absolute Gasteiger partial charge is 0.497 e. The van der Waals surface area contributed by atoms with Gasteiger partial charge in [0.2, 0.25) is 0 Å². The van der Waals surface area contributed by atoms with Gasteiger partial charge in [0.05, 0.1) is 7.11 Å². The van der Waals surface area contributed by atoms with Crippen LogP contribution in [-0.4, -0.2) is 25.1 Å². The van der Waals surface area contributed by atoms with Crippen LogP contribution in [0.15, 0.2) is 54.1 Å². The maximum Gasteiger partial charge on any atom is 0.349 e. The standard InChI is InChI=1S/C20H17ClN2O4/c1-13(19(24)23-17-8-6-16(21)7-9-17)27-20(25)15(12-22)10-14-4-3-5-18(11-14)26-2/h3-11,13H,1-2H3,(H,23,24)/b15-10+/t13-/m1/s1. The highest BCUT2D eigenvalue weighted by Gasteiger charge is 2.20. The molecular weight excluding hydrogens is 368 g/mol. The molecule has 0 saturated carbocycles. The van der Waals surface area contributed by atoms with Crippen molar-refractivity contribution in [2.75, 3.05) is 12.4 Å². The molecule has 2 aromatic carbocycles. The summed E-state index contributed by atoms with van der Waals surface area (Å²) in [6.45, 7) is 1.42. The van der Waals surface area contributed by atoms with Gasteiger partial charge in [0, 0.05) is 10.7 Å². The molecule has 6 nitrogen and oxygen atoms in total. The van der Waals surface area contributed by atoms with E-state index in [0.717, 1.165) is 0 Å². The van der Waals surface area contributed by atoms with Crippen molar-refractivity contribution < 1.29 is 19.1 Å². The highest BCUT2D eigenvalue weighted by atomic mass is 35.5. The lowest BCUT2D eigenvalue weighted by Gasteiger charge is -2.13. The smallest absolute Gasteiger partial charge is 0.349 e. The molecule has 0 unspecified atom stereocenters. The van der Waals surface area contributed by atoms with E-state index >= 15 is 0 Å². The van der Waals surface area contributed by atoms with Gasteiger partial charge in [-0.05, 0) is 55.0 Å². The molecule has 0 aliphatic heterocycles. The molecule has 138 valence electrons. The average molecular weight is 385 g/mol. The summed E-state index contributed by atoms with van der Waals surface area (Å²) in [6.07, 6.45) is 0.282. The van der Waals surface area contributed by atoms with Gasteiger partial charge in [-0.2, -0.15) is 5.26 Å². The van der Waals surface area contributed by atoms with Gasteiger partial charge in [-0.3, -0.25) is 4.79 Å². The van der Waals surface area contributed by atoms with Gasteiger partial charge < -0.3 is 14.8 Å². The number of nitriles is 1. The Balaban J connectivity index is 2.04. The van der Waals surface area contributed by atoms with Crippen LogP contribution in [0.4, 0.5) is 5.69 Å². The number of methoxy groups -OCH3 is 1. The minimum atomic E-state index is -1.09. The molecule has 7 heteroatoms. The van der Waals surface area contributed by atoms with Crippen LogP contribution in [0.1, 0.15) is 12.5 Å². The highest BCUT2D eigenvalue weighted by Crippen LogP contribution is 2.17. The summed E-state index contributed by atoms with van der Waals surface area (Å²) >= 11 is 5.79. The van der Waals surface area contributed by atoms with E-state index in [1.54, 1.807) is 54.6 Å². The zero-order chi connectivity index (χ0) is 19.8. The lowest BCUT2D eigenvalue weighted by molar-refractivity contribution is -0.148. The summed E-state index contributed by atoms with van der Waals surface area (Å²) in [5.41, 5.74) is 0.884. The molecule has 0 aromatic heterocycles. The van der Waals surface area contributed by atoms with Crippen LogP contribution in [0.5, 0.6) is 5.75 Å². The number of carbonyl (C=O) groups excluding carboxylic acids is 2. The van der Waals surface area contributed by atoms with Crippen LogP contribution < -0.4 is 10.1 Å². The van der Waals surface area contributed by atoms with E-state index in [1.807, 2.05) is 0 Å². The molecule has 0 aliphatic rings. The number of halogens is 1. The topological polar surface area (TPSA) is 88.4 Å². The minimum absolute atomic E-state index is 0.227. The molecule has 0 aliphatic carbocycles. The number of rotatable bonds is 6. The van der Waals surface area contributed by atoms with E-state index in [1.165, 1.54) is 20.1 Å². The van der Waals surface area contributed by atoms with Crippen molar-refractivity contribution in [2.45, 2.75) is 13.0 Å². The lowest BCUT2D eigenvalue weighted by atomic mass is 10.1. The first-order chi connectivity index (χ1) is 12.9. The summed E-state index contributed by atoms with van der Waals surface area (Å²) in [4.78, 5) is 24.3. The summed E-state index contributed by atoms with van der Waals surface area (Å²) in [5.74, 6) is -0.825. The molecule has 0 spiro atoms. The van der Waals surface area contributed by atoms with Crippen LogP contribution in [0.25, 0.3) is 6.08 Å². The predicted molar refractivity (Wildman–Crippen MR) is 102 cm³/mol.